The van der Waals surface area contributed by atoms with E-state index in [4.69, 9.17) is 4.42 Å². The lowest BCUT2D eigenvalue weighted by Gasteiger charge is -2.20. The van der Waals surface area contributed by atoms with E-state index in [0.29, 0.717) is 31.1 Å². The van der Waals surface area contributed by atoms with E-state index < -0.39 is 0 Å². The third-order valence-corrected chi connectivity index (χ3v) is 3.15. The Morgan fingerprint density at radius 2 is 2.10 bits per heavy atom. The van der Waals surface area contributed by atoms with Gasteiger partial charge >= 0.3 is 0 Å². The molecule has 5 heteroatoms. The maximum absolute atomic E-state index is 12.2. The molecule has 2 aromatic heterocycles. The van der Waals surface area contributed by atoms with Crippen molar-refractivity contribution in [3.05, 3.63) is 47.9 Å². The van der Waals surface area contributed by atoms with E-state index in [2.05, 4.69) is 9.97 Å². The number of aryl methyl sites for hydroxylation is 1. The Bertz CT molecular complexity index is 551. The molecule has 0 atom stereocenters. The molecule has 20 heavy (non-hydrogen) atoms. The minimum absolute atomic E-state index is 0.0786. The highest BCUT2D eigenvalue weighted by Gasteiger charge is 2.14. The molecule has 0 aliphatic heterocycles. The van der Waals surface area contributed by atoms with Crippen LogP contribution in [0.5, 0.6) is 0 Å². The first-order valence-electron chi connectivity index (χ1n) is 6.76. The lowest BCUT2D eigenvalue weighted by Crippen LogP contribution is -2.34. The highest BCUT2D eigenvalue weighted by Crippen LogP contribution is 2.05. The molecule has 0 N–H and O–H groups in total. The highest BCUT2D eigenvalue weighted by molar-refractivity contribution is 5.78. The van der Waals surface area contributed by atoms with Crippen molar-refractivity contribution in [1.82, 2.24) is 14.9 Å². The van der Waals surface area contributed by atoms with Crippen molar-refractivity contribution >= 4 is 5.91 Å². The molecule has 2 rings (SSSR count). The summed E-state index contributed by atoms with van der Waals surface area (Å²) in [6.45, 7) is 5.16. The Labute approximate surface area is 118 Å². The van der Waals surface area contributed by atoms with Gasteiger partial charge in [0.25, 0.3) is 0 Å². The molecule has 0 spiro atoms. The SMILES string of the molecule is CCN(CCc1ccncc1)C(=O)Cc1coc(C)n1. The summed E-state index contributed by atoms with van der Waals surface area (Å²) in [5.41, 5.74) is 1.87. The minimum Gasteiger partial charge on any atom is -0.449 e. The molecule has 106 valence electrons. The maximum Gasteiger partial charge on any atom is 0.228 e. The van der Waals surface area contributed by atoms with Crippen molar-refractivity contribution in [2.45, 2.75) is 26.7 Å². The van der Waals surface area contributed by atoms with Crippen LogP contribution >= 0.6 is 0 Å². The number of hydrogen-bond acceptors (Lipinski definition) is 4. The predicted molar refractivity (Wildman–Crippen MR) is 75.1 cm³/mol. The van der Waals surface area contributed by atoms with Crippen LogP contribution in [0.15, 0.2) is 35.2 Å². The second-order valence-corrected chi connectivity index (χ2v) is 4.61. The van der Waals surface area contributed by atoms with Crippen LogP contribution in [0.3, 0.4) is 0 Å². The zero-order valence-electron chi connectivity index (χ0n) is 11.9. The van der Waals surface area contributed by atoms with Gasteiger partial charge in [-0.15, -0.1) is 0 Å². The number of aromatic nitrogens is 2. The summed E-state index contributed by atoms with van der Waals surface area (Å²) < 4.78 is 5.12. The van der Waals surface area contributed by atoms with Crippen LogP contribution in [0.4, 0.5) is 0 Å². The Morgan fingerprint density at radius 3 is 2.70 bits per heavy atom. The van der Waals surface area contributed by atoms with E-state index in [1.165, 1.54) is 5.56 Å². The molecular weight excluding hydrogens is 254 g/mol. The molecule has 0 aromatic carbocycles. The summed E-state index contributed by atoms with van der Waals surface area (Å²) in [7, 11) is 0. The molecule has 0 saturated heterocycles. The Morgan fingerprint density at radius 1 is 1.35 bits per heavy atom. The summed E-state index contributed by atoms with van der Waals surface area (Å²) in [5, 5.41) is 0. The third-order valence-electron chi connectivity index (χ3n) is 3.15. The number of rotatable bonds is 6. The van der Waals surface area contributed by atoms with Crippen LogP contribution in [-0.4, -0.2) is 33.9 Å². The second-order valence-electron chi connectivity index (χ2n) is 4.61. The zero-order valence-corrected chi connectivity index (χ0v) is 11.9. The number of nitrogens with zero attached hydrogens (tertiary/aromatic N) is 3. The van der Waals surface area contributed by atoms with E-state index in [1.54, 1.807) is 25.6 Å². The quantitative estimate of drug-likeness (QED) is 0.808. The number of carbonyl (C=O) groups excluding carboxylic acids is 1. The number of hydrogen-bond donors (Lipinski definition) is 0. The predicted octanol–water partition coefficient (Wildman–Crippen LogP) is 2.01. The van der Waals surface area contributed by atoms with Gasteiger partial charge in [0.1, 0.15) is 6.26 Å². The zero-order chi connectivity index (χ0) is 14.4. The van der Waals surface area contributed by atoms with Crippen molar-refractivity contribution in [2.24, 2.45) is 0 Å². The van der Waals surface area contributed by atoms with Gasteiger partial charge in [-0.2, -0.15) is 0 Å². The largest absolute Gasteiger partial charge is 0.449 e. The van der Waals surface area contributed by atoms with E-state index >= 15 is 0 Å². The van der Waals surface area contributed by atoms with Crippen molar-refractivity contribution in [3.8, 4) is 0 Å². The number of oxazole rings is 1. The summed E-state index contributed by atoms with van der Waals surface area (Å²) >= 11 is 0. The molecule has 2 aromatic rings. The van der Waals surface area contributed by atoms with Crippen LogP contribution < -0.4 is 0 Å². The molecule has 0 fully saturated rings. The number of carbonyl (C=O) groups is 1. The second kappa shape index (κ2) is 6.84. The molecule has 0 bridgehead atoms. The number of amides is 1. The Kier molecular flexibility index (Phi) is 4.87. The van der Waals surface area contributed by atoms with Gasteiger partial charge in [-0.3, -0.25) is 9.78 Å². The van der Waals surface area contributed by atoms with Crippen LogP contribution in [0, 0.1) is 6.92 Å². The van der Waals surface area contributed by atoms with Crippen molar-refractivity contribution < 1.29 is 9.21 Å². The van der Waals surface area contributed by atoms with Gasteiger partial charge in [0.05, 0.1) is 12.1 Å². The fourth-order valence-corrected chi connectivity index (χ4v) is 2.03. The average Bonchev–Trinajstić information content (AvgIpc) is 2.86. The van der Waals surface area contributed by atoms with Crippen LogP contribution in [-0.2, 0) is 17.6 Å². The first-order chi connectivity index (χ1) is 9.69. The molecule has 1 amide bonds. The minimum atomic E-state index is 0.0786. The van der Waals surface area contributed by atoms with E-state index in [0.717, 1.165) is 6.42 Å². The highest BCUT2D eigenvalue weighted by atomic mass is 16.3. The first kappa shape index (κ1) is 14.2. The van der Waals surface area contributed by atoms with Gasteiger partial charge < -0.3 is 9.32 Å². The van der Waals surface area contributed by atoms with E-state index in [1.807, 2.05) is 24.0 Å². The first-order valence-corrected chi connectivity index (χ1v) is 6.76. The normalized spacial score (nSPS) is 10.5. The summed E-state index contributed by atoms with van der Waals surface area (Å²) in [6, 6.07) is 3.94. The number of likely N-dealkylation sites (N-methyl/N-ethyl adjacent to an activating group) is 1. The topological polar surface area (TPSA) is 59.2 Å². The van der Waals surface area contributed by atoms with Crippen LogP contribution in [0.2, 0.25) is 0 Å². The van der Waals surface area contributed by atoms with Crippen LogP contribution in [0.25, 0.3) is 0 Å². The van der Waals surface area contributed by atoms with Gasteiger partial charge in [0.15, 0.2) is 5.89 Å². The van der Waals surface area contributed by atoms with Crippen molar-refractivity contribution in [1.29, 1.82) is 0 Å². The lowest BCUT2D eigenvalue weighted by atomic mass is 10.2. The maximum atomic E-state index is 12.2. The van der Waals surface area contributed by atoms with Gasteiger partial charge in [0.2, 0.25) is 5.91 Å². The van der Waals surface area contributed by atoms with E-state index in [9.17, 15) is 4.79 Å². The average molecular weight is 273 g/mol. The van der Waals surface area contributed by atoms with Gasteiger partial charge in [-0.05, 0) is 31.0 Å². The molecule has 0 unspecified atom stereocenters. The summed E-state index contributed by atoms with van der Waals surface area (Å²) in [6.07, 6.45) is 6.21. The fourth-order valence-electron chi connectivity index (χ4n) is 2.03. The van der Waals surface area contributed by atoms with Gasteiger partial charge in [-0.25, -0.2) is 4.98 Å². The monoisotopic (exact) mass is 273 g/mol. The summed E-state index contributed by atoms with van der Waals surface area (Å²) in [4.78, 5) is 22.2. The smallest absolute Gasteiger partial charge is 0.228 e. The molecule has 0 saturated carbocycles. The van der Waals surface area contributed by atoms with E-state index in [-0.39, 0.29) is 5.91 Å². The van der Waals surface area contributed by atoms with Gasteiger partial charge in [0, 0.05) is 32.4 Å². The Hall–Kier alpha value is -2.17. The van der Waals surface area contributed by atoms with Crippen molar-refractivity contribution in [3.63, 3.8) is 0 Å². The molecule has 0 radical (unpaired) electrons. The lowest BCUT2D eigenvalue weighted by molar-refractivity contribution is -0.130. The molecular formula is C15H19N3O2. The molecule has 2 heterocycles. The third kappa shape index (κ3) is 3.91. The summed E-state index contributed by atoms with van der Waals surface area (Å²) in [5.74, 6) is 0.669. The van der Waals surface area contributed by atoms with Crippen molar-refractivity contribution in [2.75, 3.05) is 13.1 Å². The number of pyridine rings is 1. The van der Waals surface area contributed by atoms with Crippen LogP contribution in [0.1, 0.15) is 24.1 Å². The Balaban J connectivity index is 1.89. The molecule has 0 aliphatic rings. The van der Waals surface area contributed by atoms with Gasteiger partial charge in [-0.1, -0.05) is 0 Å². The molecule has 5 nitrogen and oxygen atoms in total. The fraction of sp³-hybridized carbons (Fsp3) is 0.400. The molecule has 0 aliphatic carbocycles. The standard InChI is InChI=1S/C15H19N3O2/c1-3-18(9-6-13-4-7-16-8-5-13)15(19)10-14-11-20-12(2)17-14/h4-5,7-8,11H,3,6,9-10H2,1-2H3.